The Bertz CT molecular complexity index is 1420. The monoisotopic (exact) mass is 600 g/mol. The quantitative estimate of drug-likeness (QED) is 0.434. The van der Waals surface area contributed by atoms with Crippen LogP contribution in [0.4, 0.5) is 13.2 Å². The summed E-state index contributed by atoms with van der Waals surface area (Å²) in [4.78, 5) is 32.3. The second-order valence-electron chi connectivity index (χ2n) is 11.6. The number of amidine groups is 1. The van der Waals surface area contributed by atoms with Gasteiger partial charge in [0.15, 0.2) is 0 Å². The summed E-state index contributed by atoms with van der Waals surface area (Å²) in [6, 6.07) is 7.19. The molecule has 11 heteroatoms. The van der Waals surface area contributed by atoms with Crippen molar-refractivity contribution < 1.29 is 27.9 Å². The van der Waals surface area contributed by atoms with Crippen molar-refractivity contribution in [3.8, 4) is 0 Å². The van der Waals surface area contributed by atoms with Gasteiger partial charge in [0.2, 0.25) is 0 Å². The smallest absolute Gasteiger partial charge is 0.266 e. The highest BCUT2D eigenvalue weighted by Crippen LogP contribution is 2.34. The summed E-state index contributed by atoms with van der Waals surface area (Å²) in [5.41, 5.74) is 1.62. The van der Waals surface area contributed by atoms with Crippen LogP contribution in [-0.4, -0.2) is 69.3 Å². The van der Waals surface area contributed by atoms with E-state index in [1.807, 2.05) is 44.4 Å². The minimum atomic E-state index is -2.91. The molecule has 224 valence electrons. The number of halogens is 3. The molecule has 7 nitrogen and oxygen atoms in total. The minimum absolute atomic E-state index is 0.0130. The van der Waals surface area contributed by atoms with Gasteiger partial charge in [-0.2, -0.15) is 0 Å². The molecule has 3 aliphatic heterocycles. The molecule has 1 spiro atoms. The first-order valence-corrected chi connectivity index (χ1v) is 14.9. The zero-order valence-corrected chi connectivity index (χ0v) is 24.7. The first kappa shape index (κ1) is 30.3. The number of rotatable bonds is 6. The Morgan fingerprint density at radius 1 is 1.07 bits per heavy atom. The van der Waals surface area contributed by atoms with Gasteiger partial charge in [0.25, 0.3) is 18.2 Å². The summed E-state index contributed by atoms with van der Waals surface area (Å²) in [5, 5.41) is 14.9. The number of carbonyl (C=O) groups excluding carboxylic acids is 2. The van der Waals surface area contributed by atoms with E-state index in [1.54, 1.807) is 16.8 Å². The molecule has 0 aliphatic carbocycles. The Labute approximate surface area is 248 Å². The molecule has 5 rings (SSSR count). The number of likely N-dealkylation sites (tertiary alicyclic amines) is 1. The van der Waals surface area contributed by atoms with Gasteiger partial charge in [-0.25, -0.2) is 17.5 Å². The van der Waals surface area contributed by atoms with E-state index in [0.29, 0.717) is 57.4 Å². The van der Waals surface area contributed by atoms with E-state index < -0.39 is 28.9 Å². The van der Waals surface area contributed by atoms with E-state index >= 15 is 0 Å². The third kappa shape index (κ3) is 6.28. The van der Waals surface area contributed by atoms with Crippen LogP contribution in [0.3, 0.4) is 0 Å². The highest BCUT2D eigenvalue weighted by atomic mass is 32.2. The molecule has 0 aromatic heterocycles. The predicted molar refractivity (Wildman–Crippen MR) is 158 cm³/mol. The van der Waals surface area contributed by atoms with Crippen LogP contribution in [0.5, 0.6) is 0 Å². The number of nitrogens with one attached hydrogen (secondary N) is 1. The number of nitrogens with zero attached hydrogens (tertiary/aromatic N) is 3. The van der Waals surface area contributed by atoms with Crippen molar-refractivity contribution in [2.45, 2.75) is 64.0 Å². The predicted octanol–water partition coefficient (Wildman–Crippen LogP) is 5.40. The maximum Gasteiger partial charge on any atom is 0.266 e. The fraction of sp³-hybridized carbons (Fsp3) is 0.452. The standard InChI is InChI=1S/C31H35F3N4O3S/c1-19-16-22(28(39)37-11-7-30(3,41)8-12-37)17-20(2)23(19)6-15-42-38-13-9-31(10-14-38)29(40)35-27(36-31)21-4-5-24(26(33)34)25(32)18-21/h4-6,15-18,26,41H,7-14H2,1-3H3,(H,35,36,40)/b15-6+. The number of amides is 2. The molecule has 2 amide bonds. The van der Waals surface area contributed by atoms with Crippen molar-refractivity contribution in [3.63, 3.8) is 0 Å². The van der Waals surface area contributed by atoms with Gasteiger partial charge in [0, 0.05) is 37.3 Å². The van der Waals surface area contributed by atoms with Gasteiger partial charge in [-0.05, 0) is 98.9 Å². The lowest BCUT2D eigenvalue weighted by atomic mass is 9.89. The van der Waals surface area contributed by atoms with Gasteiger partial charge in [-0.1, -0.05) is 18.0 Å². The molecular weight excluding hydrogens is 565 g/mol. The highest BCUT2D eigenvalue weighted by molar-refractivity contribution is 8.00. The number of carbonyl (C=O) groups is 2. The molecule has 2 aromatic carbocycles. The molecule has 2 fully saturated rings. The van der Waals surface area contributed by atoms with Gasteiger partial charge < -0.3 is 15.3 Å². The molecule has 0 saturated carbocycles. The Hall–Kier alpha value is -3.15. The summed E-state index contributed by atoms with van der Waals surface area (Å²) in [7, 11) is 0. The van der Waals surface area contributed by atoms with E-state index in [2.05, 4.69) is 14.6 Å². The number of benzene rings is 2. The maximum atomic E-state index is 14.1. The summed E-state index contributed by atoms with van der Waals surface area (Å²) in [6.07, 6.45) is 1.21. The lowest BCUT2D eigenvalue weighted by Gasteiger charge is -2.36. The number of aliphatic imine (C=N–C) groups is 1. The molecule has 3 heterocycles. The lowest BCUT2D eigenvalue weighted by molar-refractivity contribution is -0.124. The number of hydrogen-bond donors (Lipinski definition) is 2. The fourth-order valence-corrected chi connectivity index (χ4v) is 6.49. The SMILES string of the molecule is Cc1cc(C(=O)N2CCC(C)(O)CC2)cc(C)c1/C=C/SN1CCC2(CC1)N=C(c1ccc(C(F)F)c(F)c1)NC2=O. The van der Waals surface area contributed by atoms with Crippen molar-refractivity contribution in [1.82, 2.24) is 14.5 Å². The summed E-state index contributed by atoms with van der Waals surface area (Å²) in [6.45, 7) is 8.08. The molecule has 2 N–H and O–H groups in total. The summed E-state index contributed by atoms with van der Waals surface area (Å²) < 4.78 is 42.0. The Balaban J connectivity index is 1.18. The van der Waals surface area contributed by atoms with E-state index in [4.69, 9.17) is 0 Å². The van der Waals surface area contributed by atoms with Crippen molar-refractivity contribution in [1.29, 1.82) is 0 Å². The lowest BCUT2D eigenvalue weighted by Crippen LogP contribution is -2.47. The van der Waals surface area contributed by atoms with Crippen LogP contribution in [0.15, 0.2) is 40.7 Å². The molecule has 0 unspecified atom stereocenters. The molecule has 0 atom stereocenters. The maximum absolute atomic E-state index is 14.1. The first-order valence-electron chi connectivity index (χ1n) is 14.1. The Morgan fingerprint density at radius 2 is 1.71 bits per heavy atom. The number of alkyl halides is 2. The van der Waals surface area contributed by atoms with E-state index in [1.165, 1.54) is 6.07 Å². The van der Waals surface area contributed by atoms with Crippen molar-refractivity contribution >= 4 is 35.7 Å². The first-order chi connectivity index (χ1) is 19.9. The van der Waals surface area contributed by atoms with Gasteiger partial charge in [0.05, 0.1) is 11.2 Å². The van der Waals surface area contributed by atoms with Gasteiger partial charge in [-0.3, -0.25) is 14.6 Å². The fourth-order valence-electron chi connectivity index (χ4n) is 5.72. The van der Waals surface area contributed by atoms with E-state index in [-0.39, 0.29) is 23.2 Å². The number of aryl methyl sites for hydroxylation is 2. The van der Waals surface area contributed by atoms with Crippen LogP contribution in [0.1, 0.15) is 77.2 Å². The Kier molecular flexibility index (Phi) is 8.55. The molecule has 0 radical (unpaired) electrons. The molecular formula is C31H35F3N4O3S. The number of piperidine rings is 2. The Morgan fingerprint density at radius 3 is 2.31 bits per heavy atom. The molecule has 2 aromatic rings. The van der Waals surface area contributed by atoms with Crippen molar-refractivity contribution in [3.05, 3.63) is 74.9 Å². The zero-order chi connectivity index (χ0) is 30.2. The molecule has 42 heavy (non-hydrogen) atoms. The highest BCUT2D eigenvalue weighted by Gasteiger charge is 2.46. The average molecular weight is 601 g/mol. The summed E-state index contributed by atoms with van der Waals surface area (Å²) in [5.74, 6) is -1.09. The molecule has 2 saturated heterocycles. The summed E-state index contributed by atoms with van der Waals surface area (Å²) >= 11 is 1.54. The van der Waals surface area contributed by atoms with Crippen LogP contribution in [0.25, 0.3) is 6.08 Å². The van der Waals surface area contributed by atoms with Gasteiger partial charge >= 0.3 is 0 Å². The van der Waals surface area contributed by atoms with E-state index in [9.17, 15) is 27.9 Å². The number of aliphatic hydroxyl groups is 1. The second-order valence-corrected chi connectivity index (χ2v) is 12.6. The molecule has 0 bridgehead atoms. The number of hydrogen-bond acceptors (Lipinski definition) is 6. The van der Waals surface area contributed by atoms with Crippen molar-refractivity contribution in [2.75, 3.05) is 26.2 Å². The largest absolute Gasteiger partial charge is 0.390 e. The van der Waals surface area contributed by atoms with Gasteiger partial charge in [-0.15, -0.1) is 0 Å². The van der Waals surface area contributed by atoms with Crippen LogP contribution in [0, 0.1) is 19.7 Å². The van der Waals surface area contributed by atoms with Crippen molar-refractivity contribution in [2.24, 2.45) is 4.99 Å². The second kappa shape index (κ2) is 11.9. The van der Waals surface area contributed by atoms with E-state index in [0.717, 1.165) is 28.8 Å². The van der Waals surface area contributed by atoms with Gasteiger partial charge in [0.1, 0.15) is 17.2 Å². The molecule has 3 aliphatic rings. The normalized spacial score (nSPS) is 20.4. The van der Waals surface area contributed by atoms with Crippen LogP contribution < -0.4 is 5.32 Å². The topological polar surface area (TPSA) is 85.2 Å². The average Bonchev–Trinajstić information content (AvgIpc) is 3.25. The van der Waals surface area contributed by atoms with Crippen LogP contribution >= 0.6 is 11.9 Å². The third-order valence-corrected chi connectivity index (χ3v) is 9.37. The van der Waals surface area contributed by atoms with Crippen LogP contribution in [-0.2, 0) is 4.79 Å². The third-order valence-electron chi connectivity index (χ3n) is 8.45. The minimum Gasteiger partial charge on any atom is -0.390 e. The van der Waals surface area contributed by atoms with Crippen LogP contribution in [0.2, 0.25) is 0 Å². The zero-order valence-electron chi connectivity index (χ0n) is 23.9.